The van der Waals surface area contributed by atoms with Crippen molar-refractivity contribution in [1.82, 2.24) is 4.98 Å². The lowest BCUT2D eigenvalue weighted by Gasteiger charge is -2.22. The van der Waals surface area contributed by atoms with Gasteiger partial charge in [0.15, 0.2) is 5.58 Å². The number of nitrogens with zero attached hydrogens (tertiary/aromatic N) is 2. The second kappa shape index (κ2) is 4.74. The summed E-state index contributed by atoms with van der Waals surface area (Å²) in [6.45, 7) is 2.58. The first-order valence-corrected chi connectivity index (χ1v) is 7.20. The average molecular weight is 276 g/mol. The van der Waals surface area contributed by atoms with Crippen molar-refractivity contribution in [3.05, 3.63) is 24.0 Å². The van der Waals surface area contributed by atoms with E-state index in [1.807, 2.05) is 0 Å². The third kappa shape index (κ3) is 2.26. The van der Waals surface area contributed by atoms with Crippen LogP contribution >= 0.6 is 0 Å². The predicted molar refractivity (Wildman–Crippen MR) is 73.3 cm³/mol. The Morgan fingerprint density at radius 3 is 2.95 bits per heavy atom. The molecular weight excluding hydrogens is 259 g/mol. The van der Waals surface area contributed by atoms with Gasteiger partial charge in [-0.2, -0.15) is 4.98 Å². The number of halogens is 1. The summed E-state index contributed by atoms with van der Waals surface area (Å²) in [4.78, 5) is 6.69. The average Bonchev–Trinajstić information content (AvgIpc) is 2.99. The molecule has 4 rings (SSSR count). The highest BCUT2D eigenvalue weighted by molar-refractivity contribution is 5.74. The van der Waals surface area contributed by atoms with E-state index in [-0.39, 0.29) is 5.82 Å². The summed E-state index contributed by atoms with van der Waals surface area (Å²) in [7, 11) is 0. The SMILES string of the molecule is Fc1ccc2oc(N(C[C@H]3CCOC3)C3CC3)nc2c1. The van der Waals surface area contributed by atoms with Crippen LogP contribution in [0.15, 0.2) is 22.6 Å². The van der Waals surface area contributed by atoms with Gasteiger partial charge in [-0.3, -0.25) is 0 Å². The molecule has 1 aromatic carbocycles. The molecule has 4 nitrogen and oxygen atoms in total. The lowest BCUT2D eigenvalue weighted by atomic mass is 10.1. The van der Waals surface area contributed by atoms with Crippen LogP contribution in [0.4, 0.5) is 10.4 Å². The van der Waals surface area contributed by atoms with E-state index in [9.17, 15) is 4.39 Å². The second-order valence-corrected chi connectivity index (χ2v) is 5.72. The normalized spacial score (nSPS) is 22.6. The first-order chi connectivity index (χ1) is 9.79. The van der Waals surface area contributed by atoms with Crippen LogP contribution in [0.25, 0.3) is 11.1 Å². The number of ether oxygens (including phenoxy) is 1. The number of fused-ring (bicyclic) bond motifs is 1. The van der Waals surface area contributed by atoms with Crippen LogP contribution in [-0.4, -0.2) is 30.8 Å². The van der Waals surface area contributed by atoms with Crippen molar-refractivity contribution in [2.45, 2.75) is 25.3 Å². The lowest BCUT2D eigenvalue weighted by Crippen LogP contribution is -2.32. The molecule has 0 spiro atoms. The topological polar surface area (TPSA) is 38.5 Å². The fourth-order valence-corrected chi connectivity index (χ4v) is 2.79. The van der Waals surface area contributed by atoms with E-state index in [4.69, 9.17) is 9.15 Å². The smallest absolute Gasteiger partial charge is 0.298 e. The molecular formula is C15H17FN2O2. The Morgan fingerprint density at radius 1 is 1.30 bits per heavy atom. The van der Waals surface area contributed by atoms with E-state index >= 15 is 0 Å². The van der Waals surface area contributed by atoms with E-state index in [1.165, 1.54) is 25.0 Å². The Hall–Kier alpha value is -1.62. The maximum Gasteiger partial charge on any atom is 0.298 e. The minimum atomic E-state index is -0.278. The molecule has 2 aromatic rings. The molecule has 0 N–H and O–H groups in total. The van der Waals surface area contributed by atoms with Crippen LogP contribution < -0.4 is 4.90 Å². The molecule has 1 aliphatic heterocycles. The van der Waals surface area contributed by atoms with Crippen molar-refractivity contribution in [1.29, 1.82) is 0 Å². The third-order valence-corrected chi connectivity index (χ3v) is 4.05. The van der Waals surface area contributed by atoms with Gasteiger partial charge in [0, 0.05) is 31.2 Å². The van der Waals surface area contributed by atoms with Gasteiger partial charge in [-0.1, -0.05) is 0 Å². The van der Waals surface area contributed by atoms with Gasteiger partial charge in [0.1, 0.15) is 11.3 Å². The number of rotatable bonds is 4. The van der Waals surface area contributed by atoms with E-state index in [1.54, 1.807) is 6.07 Å². The molecule has 1 aliphatic carbocycles. The van der Waals surface area contributed by atoms with Gasteiger partial charge >= 0.3 is 0 Å². The Balaban J connectivity index is 1.63. The van der Waals surface area contributed by atoms with Gasteiger partial charge in [0.2, 0.25) is 0 Å². The zero-order chi connectivity index (χ0) is 13.5. The number of benzene rings is 1. The fraction of sp³-hybridized carbons (Fsp3) is 0.533. The number of anilines is 1. The molecule has 2 aliphatic rings. The molecule has 1 aromatic heterocycles. The minimum absolute atomic E-state index is 0.278. The first kappa shape index (κ1) is 12.1. The third-order valence-electron chi connectivity index (χ3n) is 4.05. The zero-order valence-electron chi connectivity index (χ0n) is 11.2. The maximum absolute atomic E-state index is 13.2. The molecule has 2 fully saturated rings. The van der Waals surface area contributed by atoms with Gasteiger partial charge in [-0.05, 0) is 31.4 Å². The lowest BCUT2D eigenvalue weighted by molar-refractivity contribution is 0.186. The van der Waals surface area contributed by atoms with E-state index < -0.39 is 0 Å². The van der Waals surface area contributed by atoms with Crippen molar-refractivity contribution in [2.75, 3.05) is 24.7 Å². The van der Waals surface area contributed by atoms with Crippen LogP contribution in [0, 0.1) is 11.7 Å². The van der Waals surface area contributed by atoms with Crippen LogP contribution in [0.2, 0.25) is 0 Å². The molecule has 2 heterocycles. The molecule has 106 valence electrons. The largest absolute Gasteiger partial charge is 0.423 e. The standard InChI is InChI=1S/C15H17FN2O2/c16-11-1-4-14-13(7-11)17-15(20-14)18(12-2-3-12)8-10-5-6-19-9-10/h1,4,7,10,12H,2-3,5-6,8-9H2/t10-/m1/s1. The van der Waals surface area contributed by atoms with Gasteiger partial charge < -0.3 is 14.1 Å². The monoisotopic (exact) mass is 276 g/mol. The quantitative estimate of drug-likeness (QED) is 0.860. The van der Waals surface area contributed by atoms with Gasteiger partial charge in [-0.25, -0.2) is 4.39 Å². The van der Waals surface area contributed by atoms with Crippen LogP contribution in [-0.2, 0) is 4.74 Å². The van der Waals surface area contributed by atoms with Crippen LogP contribution in [0.1, 0.15) is 19.3 Å². The Bertz CT molecular complexity index is 617. The summed E-state index contributed by atoms with van der Waals surface area (Å²) in [5.41, 5.74) is 1.24. The summed E-state index contributed by atoms with van der Waals surface area (Å²) < 4.78 is 24.5. The number of oxazole rings is 1. The number of hydrogen-bond acceptors (Lipinski definition) is 4. The van der Waals surface area contributed by atoms with Crippen LogP contribution in [0.3, 0.4) is 0 Å². The summed E-state index contributed by atoms with van der Waals surface area (Å²) in [5.74, 6) is 0.266. The van der Waals surface area contributed by atoms with Gasteiger partial charge in [-0.15, -0.1) is 0 Å². The van der Waals surface area contributed by atoms with Crippen molar-refractivity contribution in [2.24, 2.45) is 5.92 Å². The number of aromatic nitrogens is 1. The fourth-order valence-electron chi connectivity index (χ4n) is 2.79. The minimum Gasteiger partial charge on any atom is -0.423 e. The molecule has 0 unspecified atom stereocenters. The highest BCUT2D eigenvalue weighted by atomic mass is 19.1. The van der Waals surface area contributed by atoms with E-state index in [0.717, 1.165) is 26.2 Å². The van der Waals surface area contributed by atoms with E-state index in [2.05, 4.69) is 9.88 Å². The first-order valence-electron chi connectivity index (χ1n) is 7.20. The Morgan fingerprint density at radius 2 is 2.20 bits per heavy atom. The molecule has 0 radical (unpaired) electrons. The Kier molecular flexibility index (Phi) is 2.88. The molecule has 1 atom stereocenters. The molecule has 20 heavy (non-hydrogen) atoms. The molecule has 0 amide bonds. The highest BCUT2D eigenvalue weighted by Gasteiger charge is 2.34. The van der Waals surface area contributed by atoms with E-state index in [0.29, 0.717) is 29.1 Å². The van der Waals surface area contributed by atoms with Gasteiger partial charge in [0.05, 0.1) is 6.61 Å². The summed E-state index contributed by atoms with van der Waals surface area (Å²) in [5, 5.41) is 0. The molecule has 1 saturated heterocycles. The second-order valence-electron chi connectivity index (χ2n) is 5.72. The van der Waals surface area contributed by atoms with Crippen molar-refractivity contribution >= 4 is 17.1 Å². The maximum atomic E-state index is 13.2. The summed E-state index contributed by atoms with van der Waals surface area (Å²) >= 11 is 0. The van der Waals surface area contributed by atoms with Crippen molar-refractivity contribution in [3.8, 4) is 0 Å². The number of hydrogen-bond donors (Lipinski definition) is 0. The zero-order valence-corrected chi connectivity index (χ0v) is 11.2. The molecule has 5 heteroatoms. The van der Waals surface area contributed by atoms with Crippen molar-refractivity contribution in [3.63, 3.8) is 0 Å². The van der Waals surface area contributed by atoms with Crippen LogP contribution in [0.5, 0.6) is 0 Å². The van der Waals surface area contributed by atoms with Gasteiger partial charge in [0.25, 0.3) is 6.01 Å². The molecule has 0 bridgehead atoms. The van der Waals surface area contributed by atoms with Crippen molar-refractivity contribution < 1.29 is 13.5 Å². The summed E-state index contributed by atoms with van der Waals surface area (Å²) in [6, 6.07) is 5.62. The summed E-state index contributed by atoms with van der Waals surface area (Å²) in [6.07, 6.45) is 3.46. The highest BCUT2D eigenvalue weighted by Crippen LogP contribution is 2.34. The predicted octanol–water partition coefficient (Wildman–Crippen LogP) is 2.97. The molecule has 1 saturated carbocycles. The Labute approximate surface area is 116 Å².